The number of benzene rings is 2. The summed E-state index contributed by atoms with van der Waals surface area (Å²) in [5.74, 6) is 0.173. The molecule has 1 aliphatic rings. The van der Waals surface area contributed by atoms with Crippen LogP contribution in [0.15, 0.2) is 91.3 Å². The first-order valence-electron chi connectivity index (χ1n) is 10.2. The largest absolute Gasteiger partial charge is 0.338 e. The van der Waals surface area contributed by atoms with Gasteiger partial charge in [-0.05, 0) is 23.3 Å². The van der Waals surface area contributed by atoms with Crippen LogP contribution in [0.3, 0.4) is 0 Å². The van der Waals surface area contributed by atoms with Gasteiger partial charge in [-0.2, -0.15) is 0 Å². The van der Waals surface area contributed by atoms with Crippen LogP contribution in [0.2, 0.25) is 0 Å². The summed E-state index contributed by atoms with van der Waals surface area (Å²) in [5.41, 5.74) is 2.25. The number of rotatable bonds is 6. The van der Waals surface area contributed by atoms with Gasteiger partial charge in [0.25, 0.3) is 0 Å². The van der Waals surface area contributed by atoms with Crippen LogP contribution in [0.1, 0.15) is 17.2 Å². The highest BCUT2D eigenvalue weighted by Crippen LogP contribution is 2.22. The molecule has 0 saturated carbocycles. The van der Waals surface area contributed by atoms with Gasteiger partial charge in [-0.1, -0.05) is 72.8 Å². The van der Waals surface area contributed by atoms with E-state index in [1.54, 1.807) is 0 Å². The van der Waals surface area contributed by atoms with Crippen molar-refractivity contribution in [3.8, 4) is 0 Å². The first-order chi connectivity index (χ1) is 14.3. The molecule has 1 aromatic heterocycles. The van der Waals surface area contributed by atoms with Crippen molar-refractivity contribution < 1.29 is 4.79 Å². The average Bonchev–Trinajstić information content (AvgIpc) is 3.30. The zero-order valence-electron chi connectivity index (χ0n) is 16.6. The first kappa shape index (κ1) is 19.2. The van der Waals surface area contributed by atoms with Crippen LogP contribution in [0.5, 0.6) is 0 Å². The van der Waals surface area contributed by atoms with Crippen LogP contribution < -0.4 is 0 Å². The summed E-state index contributed by atoms with van der Waals surface area (Å²) < 4.78 is 2.01. The Kier molecular flexibility index (Phi) is 6.22. The van der Waals surface area contributed by atoms with Crippen LogP contribution >= 0.6 is 0 Å². The van der Waals surface area contributed by atoms with Gasteiger partial charge in [-0.15, -0.1) is 0 Å². The Bertz CT molecular complexity index is 911. The number of hydrogen-bond donors (Lipinski definition) is 0. The third-order valence-electron chi connectivity index (χ3n) is 5.43. The Morgan fingerprint density at radius 1 is 0.828 bits per heavy atom. The molecule has 1 atom stereocenters. The van der Waals surface area contributed by atoms with Crippen molar-refractivity contribution in [1.29, 1.82) is 0 Å². The van der Waals surface area contributed by atoms with Gasteiger partial charge < -0.3 is 9.47 Å². The smallest absolute Gasteiger partial charge is 0.250 e. The Hall–Kier alpha value is -3.11. The number of nitrogens with zero attached hydrogens (tertiary/aromatic N) is 3. The lowest BCUT2D eigenvalue weighted by atomic mass is 10.0. The fourth-order valence-electron chi connectivity index (χ4n) is 3.82. The molecule has 1 saturated heterocycles. The van der Waals surface area contributed by atoms with Crippen molar-refractivity contribution in [3.63, 3.8) is 0 Å². The molecular weight excluding hydrogens is 358 g/mol. The predicted octanol–water partition coefficient (Wildman–Crippen LogP) is 3.94. The zero-order chi connectivity index (χ0) is 19.9. The van der Waals surface area contributed by atoms with E-state index < -0.39 is 0 Å². The quantitative estimate of drug-likeness (QED) is 0.643. The number of carbonyl (C=O) groups excluding carboxylic acids is 1. The van der Waals surface area contributed by atoms with Gasteiger partial charge in [0.15, 0.2) is 0 Å². The maximum Gasteiger partial charge on any atom is 0.250 e. The Balaban J connectivity index is 1.37. The number of aromatic nitrogens is 1. The fraction of sp³-hybridized carbons (Fsp3) is 0.240. The average molecular weight is 386 g/mol. The van der Waals surface area contributed by atoms with Gasteiger partial charge >= 0.3 is 0 Å². The third-order valence-corrected chi connectivity index (χ3v) is 5.43. The fourth-order valence-corrected chi connectivity index (χ4v) is 3.82. The van der Waals surface area contributed by atoms with Gasteiger partial charge in [0.1, 0.15) is 6.04 Å². The van der Waals surface area contributed by atoms with E-state index in [-0.39, 0.29) is 11.9 Å². The molecule has 1 aliphatic heterocycles. The molecule has 0 unspecified atom stereocenters. The second-order valence-electron chi connectivity index (χ2n) is 7.38. The summed E-state index contributed by atoms with van der Waals surface area (Å²) in [6, 6.07) is 24.1. The highest BCUT2D eigenvalue weighted by Gasteiger charge is 2.29. The highest BCUT2D eigenvalue weighted by molar-refractivity contribution is 5.84. The van der Waals surface area contributed by atoms with Gasteiger partial charge in [-0.25, -0.2) is 0 Å². The second kappa shape index (κ2) is 9.39. The van der Waals surface area contributed by atoms with Crippen molar-refractivity contribution in [1.82, 2.24) is 14.4 Å². The normalized spacial score (nSPS) is 16.2. The predicted molar refractivity (Wildman–Crippen MR) is 118 cm³/mol. The number of amides is 1. The molecule has 1 amide bonds. The molecule has 0 N–H and O–H groups in total. The molecule has 148 valence electrons. The van der Waals surface area contributed by atoms with Crippen molar-refractivity contribution in [2.45, 2.75) is 6.04 Å². The summed E-state index contributed by atoms with van der Waals surface area (Å²) >= 11 is 0. The van der Waals surface area contributed by atoms with Crippen molar-refractivity contribution in [3.05, 3.63) is 102 Å². The molecule has 29 heavy (non-hydrogen) atoms. The Morgan fingerprint density at radius 2 is 1.45 bits per heavy atom. The molecule has 2 aromatic carbocycles. The number of carbonyl (C=O) groups is 1. The van der Waals surface area contributed by atoms with Crippen molar-refractivity contribution in [2.75, 3.05) is 32.7 Å². The van der Waals surface area contributed by atoms with E-state index in [4.69, 9.17) is 0 Å². The van der Waals surface area contributed by atoms with E-state index in [9.17, 15) is 4.79 Å². The van der Waals surface area contributed by atoms with Crippen LogP contribution in [0.4, 0.5) is 0 Å². The minimum atomic E-state index is -0.296. The maximum atomic E-state index is 13.4. The lowest BCUT2D eigenvalue weighted by molar-refractivity contribution is -0.135. The molecule has 4 heteroatoms. The van der Waals surface area contributed by atoms with Crippen LogP contribution in [0.25, 0.3) is 6.08 Å². The Labute approximate surface area is 172 Å². The summed E-state index contributed by atoms with van der Waals surface area (Å²) in [5, 5.41) is 0. The molecule has 4 nitrogen and oxygen atoms in total. The summed E-state index contributed by atoms with van der Waals surface area (Å²) in [6.07, 6.45) is 8.31. The van der Waals surface area contributed by atoms with E-state index in [0.29, 0.717) is 0 Å². The molecule has 4 rings (SSSR count). The van der Waals surface area contributed by atoms with Crippen LogP contribution in [0, 0.1) is 0 Å². The summed E-state index contributed by atoms with van der Waals surface area (Å²) in [7, 11) is 0. The second-order valence-corrected chi connectivity index (χ2v) is 7.38. The maximum absolute atomic E-state index is 13.4. The molecule has 3 aromatic rings. The highest BCUT2D eigenvalue weighted by atomic mass is 16.2. The molecule has 1 fully saturated rings. The molecule has 0 aliphatic carbocycles. The minimum absolute atomic E-state index is 0.173. The molecule has 0 spiro atoms. The topological polar surface area (TPSA) is 28.5 Å². The van der Waals surface area contributed by atoms with Gasteiger partial charge in [0, 0.05) is 45.1 Å². The molecule has 0 bridgehead atoms. The molecule has 2 heterocycles. The third kappa shape index (κ3) is 4.84. The van der Waals surface area contributed by atoms with Crippen LogP contribution in [-0.4, -0.2) is 53.0 Å². The number of hydrogen-bond acceptors (Lipinski definition) is 2. The van der Waals surface area contributed by atoms with Crippen molar-refractivity contribution in [2.24, 2.45) is 0 Å². The first-order valence-corrected chi connectivity index (χ1v) is 10.2. The van der Waals surface area contributed by atoms with Gasteiger partial charge in [0.2, 0.25) is 5.91 Å². The number of piperazine rings is 1. The van der Waals surface area contributed by atoms with E-state index in [1.807, 2.05) is 70.4 Å². The molecule has 0 radical (unpaired) electrons. The van der Waals surface area contributed by atoms with E-state index >= 15 is 0 Å². The Morgan fingerprint density at radius 3 is 2.10 bits per heavy atom. The lowest BCUT2D eigenvalue weighted by Crippen LogP contribution is -2.50. The van der Waals surface area contributed by atoms with Gasteiger partial charge in [0.05, 0.1) is 0 Å². The van der Waals surface area contributed by atoms with E-state index in [2.05, 4.69) is 41.3 Å². The monoisotopic (exact) mass is 385 g/mol. The van der Waals surface area contributed by atoms with Crippen molar-refractivity contribution >= 4 is 12.0 Å². The molecular formula is C25H27N3O. The minimum Gasteiger partial charge on any atom is -0.338 e. The standard InChI is InChI=1S/C25H27N3O/c29-25(24(27-16-7-8-17-27)23-13-5-2-6-14-23)28-20-18-26(19-21-28)15-9-12-22-10-3-1-4-11-22/h1-14,16-17,24H,15,18-21H2/b12-9+/t24-/m0/s1. The van der Waals surface area contributed by atoms with Gasteiger partial charge in [-0.3, -0.25) is 9.69 Å². The SMILES string of the molecule is O=C([C@H](c1ccccc1)n1cccc1)N1CCN(C/C=C/c2ccccc2)CC1. The van der Waals surface area contributed by atoms with E-state index in [1.165, 1.54) is 5.56 Å². The lowest BCUT2D eigenvalue weighted by Gasteiger charge is -2.36. The summed E-state index contributed by atoms with van der Waals surface area (Å²) in [4.78, 5) is 17.8. The summed E-state index contributed by atoms with van der Waals surface area (Å²) in [6.45, 7) is 4.25. The van der Waals surface area contributed by atoms with E-state index in [0.717, 1.165) is 38.3 Å². The van der Waals surface area contributed by atoms with Crippen LogP contribution in [-0.2, 0) is 4.79 Å². The zero-order valence-corrected chi connectivity index (χ0v) is 16.6.